The summed E-state index contributed by atoms with van der Waals surface area (Å²) in [6.07, 6.45) is 0.212. The maximum absolute atomic E-state index is 12.6. The Morgan fingerprint density at radius 3 is 2.67 bits per heavy atom. The van der Waals surface area contributed by atoms with E-state index < -0.39 is 5.97 Å². The van der Waals surface area contributed by atoms with E-state index in [0.29, 0.717) is 23.2 Å². The molecule has 5 nitrogen and oxygen atoms in total. The number of carboxylic acid groups (broad SMARTS) is 1. The summed E-state index contributed by atoms with van der Waals surface area (Å²) in [5.74, 6) is -0.200. The molecule has 0 fully saturated rings. The third-order valence-corrected chi connectivity index (χ3v) is 3.76. The standard InChI is InChI=1S/C16H19NO4/c1-4-17-10(2)12(7-8-15(18)19)16(20)13-6-5-11(21-3)9-14(13)17/h5-6,9H,4,7-8H2,1-3H3,(H,18,19). The average molecular weight is 289 g/mol. The summed E-state index contributed by atoms with van der Waals surface area (Å²) < 4.78 is 7.24. The number of aryl methyl sites for hydroxylation is 1. The molecule has 0 saturated carbocycles. The topological polar surface area (TPSA) is 68.5 Å². The molecule has 2 rings (SSSR count). The largest absolute Gasteiger partial charge is 0.497 e. The van der Waals surface area contributed by atoms with Crippen LogP contribution in [0.15, 0.2) is 23.0 Å². The van der Waals surface area contributed by atoms with Crippen LogP contribution in [0.5, 0.6) is 5.75 Å². The van der Waals surface area contributed by atoms with E-state index in [0.717, 1.165) is 11.2 Å². The fraction of sp³-hybridized carbons (Fsp3) is 0.375. The predicted octanol–water partition coefficient (Wildman–Crippen LogP) is 2.36. The van der Waals surface area contributed by atoms with Crippen molar-refractivity contribution in [1.82, 2.24) is 4.57 Å². The van der Waals surface area contributed by atoms with Gasteiger partial charge in [-0.25, -0.2) is 0 Å². The Morgan fingerprint density at radius 1 is 1.38 bits per heavy atom. The summed E-state index contributed by atoms with van der Waals surface area (Å²) in [4.78, 5) is 23.4. The predicted molar refractivity (Wildman–Crippen MR) is 81.1 cm³/mol. The monoisotopic (exact) mass is 289 g/mol. The third kappa shape index (κ3) is 2.77. The van der Waals surface area contributed by atoms with Crippen molar-refractivity contribution >= 4 is 16.9 Å². The molecule has 21 heavy (non-hydrogen) atoms. The molecule has 1 heterocycles. The van der Waals surface area contributed by atoms with Crippen molar-refractivity contribution in [2.45, 2.75) is 33.2 Å². The van der Waals surface area contributed by atoms with Gasteiger partial charge in [-0.1, -0.05) is 0 Å². The first-order valence-corrected chi connectivity index (χ1v) is 6.91. The Kier molecular flexibility index (Phi) is 4.31. The maximum atomic E-state index is 12.6. The summed E-state index contributed by atoms with van der Waals surface area (Å²) >= 11 is 0. The molecule has 1 aromatic heterocycles. The van der Waals surface area contributed by atoms with Crippen LogP contribution in [-0.4, -0.2) is 22.8 Å². The molecule has 0 unspecified atom stereocenters. The van der Waals surface area contributed by atoms with E-state index in [1.165, 1.54) is 0 Å². The molecule has 0 amide bonds. The molecule has 0 bridgehead atoms. The van der Waals surface area contributed by atoms with Gasteiger partial charge in [0.05, 0.1) is 12.6 Å². The van der Waals surface area contributed by atoms with Crippen LogP contribution in [0.1, 0.15) is 24.6 Å². The molecule has 0 spiro atoms. The lowest BCUT2D eigenvalue weighted by Crippen LogP contribution is -2.19. The number of fused-ring (bicyclic) bond motifs is 1. The van der Waals surface area contributed by atoms with Crippen LogP contribution in [0.4, 0.5) is 0 Å². The van der Waals surface area contributed by atoms with Gasteiger partial charge in [0, 0.05) is 35.7 Å². The number of benzene rings is 1. The molecule has 1 N–H and O–H groups in total. The molecule has 0 aliphatic rings. The van der Waals surface area contributed by atoms with E-state index in [4.69, 9.17) is 9.84 Å². The van der Waals surface area contributed by atoms with Crippen LogP contribution in [0.25, 0.3) is 10.9 Å². The van der Waals surface area contributed by atoms with Crippen molar-refractivity contribution in [1.29, 1.82) is 0 Å². The number of carbonyl (C=O) groups is 1. The van der Waals surface area contributed by atoms with E-state index in [1.807, 2.05) is 24.5 Å². The molecule has 112 valence electrons. The third-order valence-electron chi connectivity index (χ3n) is 3.76. The van der Waals surface area contributed by atoms with Gasteiger partial charge in [0.15, 0.2) is 5.43 Å². The molecular weight excluding hydrogens is 270 g/mol. The number of aromatic nitrogens is 1. The van der Waals surface area contributed by atoms with Crippen LogP contribution in [0, 0.1) is 6.92 Å². The number of ether oxygens (including phenoxy) is 1. The first kappa shape index (κ1) is 15.1. The Hall–Kier alpha value is -2.30. The SMILES string of the molecule is CCn1c(C)c(CCC(=O)O)c(=O)c2ccc(OC)cc21. The van der Waals surface area contributed by atoms with E-state index in [-0.39, 0.29) is 18.3 Å². The number of hydrogen-bond donors (Lipinski definition) is 1. The first-order chi connectivity index (χ1) is 9.99. The van der Waals surface area contributed by atoms with E-state index in [9.17, 15) is 9.59 Å². The normalized spacial score (nSPS) is 10.8. The van der Waals surface area contributed by atoms with Gasteiger partial charge < -0.3 is 14.4 Å². The first-order valence-electron chi connectivity index (χ1n) is 6.91. The minimum Gasteiger partial charge on any atom is -0.497 e. The number of methoxy groups -OCH3 is 1. The summed E-state index contributed by atoms with van der Waals surface area (Å²) in [5, 5.41) is 9.44. The Morgan fingerprint density at radius 2 is 2.10 bits per heavy atom. The van der Waals surface area contributed by atoms with Gasteiger partial charge in [0.2, 0.25) is 0 Å². The number of rotatable bonds is 5. The van der Waals surface area contributed by atoms with Crippen LogP contribution < -0.4 is 10.2 Å². The van der Waals surface area contributed by atoms with Crippen molar-refractivity contribution < 1.29 is 14.6 Å². The van der Waals surface area contributed by atoms with E-state index in [2.05, 4.69) is 0 Å². The summed E-state index contributed by atoms with van der Waals surface area (Å²) in [5.41, 5.74) is 2.14. The number of pyridine rings is 1. The van der Waals surface area contributed by atoms with Gasteiger partial charge in [-0.05, 0) is 32.4 Å². The molecule has 0 aliphatic heterocycles. The van der Waals surface area contributed by atoms with Crippen LogP contribution in [-0.2, 0) is 17.8 Å². The van der Waals surface area contributed by atoms with Crippen LogP contribution in [0.3, 0.4) is 0 Å². The van der Waals surface area contributed by atoms with Crippen molar-refractivity contribution in [2.24, 2.45) is 0 Å². The smallest absolute Gasteiger partial charge is 0.303 e. The second-order valence-electron chi connectivity index (χ2n) is 4.91. The summed E-state index contributed by atoms with van der Waals surface area (Å²) in [6, 6.07) is 5.33. The van der Waals surface area contributed by atoms with Crippen molar-refractivity contribution in [3.05, 3.63) is 39.7 Å². The Balaban J connectivity index is 2.72. The van der Waals surface area contributed by atoms with Crippen LogP contribution >= 0.6 is 0 Å². The maximum Gasteiger partial charge on any atom is 0.303 e. The minimum absolute atomic E-state index is 0.0402. The highest BCUT2D eigenvalue weighted by Crippen LogP contribution is 2.22. The quantitative estimate of drug-likeness (QED) is 0.917. The molecule has 0 radical (unpaired) electrons. The average Bonchev–Trinajstić information content (AvgIpc) is 2.46. The molecular formula is C16H19NO4. The van der Waals surface area contributed by atoms with Gasteiger partial charge in [-0.3, -0.25) is 9.59 Å². The van der Waals surface area contributed by atoms with Crippen molar-refractivity contribution in [3.8, 4) is 5.75 Å². The zero-order valence-electron chi connectivity index (χ0n) is 12.5. The van der Waals surface area contributed by atoms with Gasteiger partial charge in [-0.15, -0.1) is 0 Å². The highest BCUT2D eigenvalue weighted by atomic mass is 16.5. The second kappa shape index (κ2) is 5.99. The Labute approximate surface area is 122 Å². The van der Waals surface area contributed by atoms with Gasteiger partial charge in [0.25, 0.3) is 0 Å². The molecule has 0 atom stereocenters. The van der Waals surface area contributed by atoms with Gasteiger partial charge >= 0.3 is 5.97 Å². The van der Waals surface area contributed by atoms with Gasteiger partial charge in [-0.2, -0.15) is 0 Å². The van der Waals surface area contributed by atoms with E-state index in [1.54, 1.807) is 19.2 Å². The summed E-state index contributed by atoms with van der Waals surface area (Å²) in [7, 11) is 1.59. The molecule has 2 aromatic rings. The molecule has 1 aromatic carbocycles. The lowest BCUT2D eigenvalue weighted by molar-refractivity contribution is -0.136. The number of aliphatic carboxylic acids is 1. The fourth-order valence-corrected chi connectivity index (χ4v) is 2.66. The molecule has 0 saturated heterocycles. The lowest BCUT2D eigenvalue weighted by atomic mass is 10.0. The van der Waals surface area contributed by atoms with Crippen molar-refractivity contribution in [3.63, 3.8) is 0 Å². The Bertz CT molecular complexity index is 746. The number of hydrogen-bond acceptors (Lipinski definition) is 3. The lowest BCUT2D eigenvalue weighted by Gasteiger charge is -2.17. The zero-order valence-corrected chi connectivity index (χ0v) is 12.5. The zero-order chi connectivity index (χ0) is 15.6. The fourth-order valence-electron chi connectivity index (χ4n) is 2.66. The molecule has 5 heteroatoms. The minimum atomic E-state index is -0.897. The van der Waals surface area contributed by atoms with E-state index >= 15 is 0 Å². The highest BCUT2D eigenvalue weighted by molar-refractivity contribution is 5.82. The van der Waals surface area contributed by atoms with Crippen LogP contribution in [0.2, 0.25) is 0 Å². The summed E-state index contributed by atoms with van der Waals surface area (Å²) in [6.45, 7) is 4.56. The number of carboxylic acids is 1. The second-order valence-corrected chi connectivity index (χ2v) is 4.91. The number of nitrogens with zero attached hydrogens (tertiary/aromatic N) is 1. The van der Waals surface area contributed by atoms with Gasteiger partial charge in [0.1, 0.15) is 5.75 Å². The highest BCUT2D eigenvalue weighted by Gasteiger charge is 2.14. The molecule has 0 aliphatic carbocycles. The van der Waals surface area contributed by atoms with Crippen molar-refractivity contribution in [2.75, 3.05) is 7.11 Å².